The van der Waals surface area contributed by atoms with E-state index in [-0.39, 0.29) is 0 Å². The second-order valence-electron chi connectivity index (χ2n) is 12.3. The molecule has 10 rings (SSSR count). The molecule has 0 saturated carbocycles. The van der Waals surface area contributed by atoms with E-state index in [1.165, 1.54) is 32.3 Å². The Bertz CT molecular complexity index is 2820. The summed E-state index contributed by atoms with van der Waals surface area (Å²) in [6, 6.07) is 50.5. The van der Waals surface area contributed by atoms with Crippen LogP contribution in [0.1, 0.15) is 0 Å². The molecule has 49 heavy (non-hydrogen) atoms. The van der Waals surface area contributed by atoms with Crippen molar-refractivity contribution in [3.63, 3.8) is 0 Å². The van der Waals surface area contributed by atoms with E-state index in [1.54, 1.807) is 6.20 Å². The smallest absolute Gasteiger partial charge is 0.166 e. The largest absolute Gasteiger partial charge is 0.454 e. The van der Waals surface area contributed by atoms with Crippen molar-refractivity contribution in [3.8, 4) is 45.3 Å². The van der Waals surface area contributed by atoms with Gasteiger partial charge in [0.05, 0.1) is 6.20 Å². The fraction of sp³-hybridized carbons (Fsp3) is 0. The van der Waals surface area contributed by atoms with Gasteiger partial charge < -0.3 is 4.42 Å². The number of nitrogens with zero attached hydrogens (tertiary/aromatic N) is 4. The highest BCUT2D eigenvalue weighted by atomic mass is 16.3. The summed E-state index contributed by atoms with van der Waals surface area (Å²) in [5, 5.41) is 9.31. The lowest BCUT2D eigenvalue weighted by atomic mass is 9.90. The van der Waals surface area contributed by atoms with Gasteiger partial charge in [0.25, 0.3) is 0 Å². The predicted molar refractivity (Wildman–Crippen MR) is 199 cm³/mol. The molecular weight excluding hydrogens is 601 g/mol. The summed E-state index contributed by atoms with van der Waals surface area (Å²) in [7, 11) is 0. The monoisotopic (exact) mass is 626 g/mol. The lowest BCUT2D eigenvalue weighted by Gasteiger charge is -2.13. The number of hydrogen-bond donors (Lipinski definition) is 0. The van der Waals surface area contributed by atoms with Gasteiger partial charge in [-0.1, -0.05) is 127 Å². The third-order valence-electron chi connectivity index (χ3n) is 9.40. The van der Waals surface area contributed by atoms with Gasteiger partial charge in [0.2, 0.25) is 0 Å². The molecule has 5 nitrogen and oxygen atoms in total. The Morgan fingerprint density at radius 3 is 1.73 bits per heavy atom. The zero-order valence-electron chi connectivity index (χ0n) is 26.2. The van der Waals surface area contributed by atoms with Crippen LogP contribution in [-0.4, -0.2) is 19.9 Å². The number of hydrogen-bond acceptors (Lipinski definition) is 5. The minimum absolute atomic E-state index is 0.546. The molecule has 0 spiro atoms. The second-order valence-corrected chi connectivity index (χ2v) is 12.3. The van der Waals surface area contributed by atoms with E-state index >= 15 is 0 Å². The Morgan fingerprint density at radius 1 is 0.367 bits per heavy atom. The molecule has 228 valence electrons. The molecule has 0 aliphatic rings. The molecule has 0 atom stereocenters. The molecule has 10 aromatic rings. The fourth-order valence-corrected chi connectivity index (χ4v) is 7.09. The number of rotatable bonds is 4. The first-order valence-corrected chi connectivity index (χ1v) is 16.3. The summed E-state index contributed by atoms with van der Waals surface area (Å²) < 4.78 is 6.54. The van der Waals surface area contributed by atoms with Crippen molar-refractivity contribution >= 4 is 54.3 Å². The summed E-state index contributed by atoms with van der Waals surface area (Å²) in [6.07, 6.45) is 3.60. The van der Waals surface area contributed by atoms with E-state index in [1.807, 2.05) is 66.9 Å². The van der Waals surface area contributed by atoms with Gasteiger partial charge in [0, 0.05) is 33.7 Å². The molecule has 0 aliphatic carbocycles. The zero-order valence-corrected chi connectivity index (χ0v) is 26.2. The molecule has 0 saturated heterocycles. The van der Waals surface area contributed by atoms with Crippen molar-refractivity contribution in [1.29, 1.82) is 0 Å². The summed E-state index contributed by atoms with van der Waals surface area (Å²) >= 11 is 0. The van der Waals surface area contributed by atoms with E-state index in [0.717, 1.165) is 44.2 Å². The molecule has 3 aromatic heterocycles. The first kappa shape index (κ1) is 27.4. The quantitative estimate of drug-likeness (QED) is 0.182. The SMILES string of the molecule is c1ccc(-c2nc(-c3ccccc3)nc(-c3cncc4oc5cc(-c6cc7c8ccccc8ccc7c7ccccc67)ccc5c34)n2)cc1. The molecular formula is C44H26N4O. The van der Waals surface area contributed by atoms with E-state index in [0.29, 0.717) is 23.1 Å². The van der Waals surface area contributed by atoms with Gasteiger partial charge in [-0.05, 0) is 61.6 Å². The van der Waals surface area contributed by atoms with E-state index in [2.05, 4.69) is 89.9 Å². The van der Waals surface area contributed by atoms with Gasteiger partial charge in [-0.25, -0.2) is 15.0 Å². The highest BCUT2D eigenvalue weighted by Gasteiger charge is 2.19. The van der Waals surface area contributed by atoms with Crippen LogP contribution in [0, 0.1) is 0 Å². The van der Waals surface area contributed by atoms with Crippen LogP contribution in [0.5, 0.6) is 0 Å². The number of benzene rings is 7. The number of aromatic nitrogens is 4. The maximum Gasteiger partial charge on any atom is 0.166 e. The van der Waals surface area contributed by atoms with Crippen molar-refractivity contribution in [2.75, 3.05) is 0 Å². The first-order chi connectivity index (χ1) is 24.3. The van der Waals surface area contributed by atoms with Crippen LogP contribution in [0.4, 0.5) is 0 Å². The molecule has 0 radical (unpaired) electrons. The molecule has 3 heterocycles. The van der Waals surface area contributed by atoms with Gasteiger partial charge in [0.15, 0.2) is 23.1 Å². The molecule has 0 unspecified atom stereocenters. The van der Waals surface area contributed by atoms with E-state index in [4.69, 9.17) is 19.4 Å². The molecule has 0 fully saturated rings. The first-order valence-electron chi connectivity index (χ1n) is 16.3. The third kappa shape index (κ3) is 4.48. The summed E-state index contributed by atoms with van der Waals surface area (Å²) in [5.41, 5.74) is 6.35. The molecule has 0 amide bonds. The van der Waals surface area contributed by atoms with Crippen molar-refractivity contribution < 1.29 is 4.42 Å². The van der Waals surface area contributed by atoms with Crippen molar-refractivity contribution in [1.82, 2.24) is 19.9 Å². The van der Waals surface area contributed by atoms with Crippen LogP contribution in [-0.2, 0) is 0 Å². The highest BCUT2D eigenvalue weighted by Crippen LogP contribution is 2.41. The highest BCUT2D eigenvalue weighted by molar-refractivity contribution is 6.21. The minimum Gasteiger partial charge on any atom is -0.454 e. The Morgan fingerprint density at radius 2 is 0.980 bits per heavy atom. The number of pyridine rings is 1. The number of fused-ring (bicyclic) bond motifs is 8. The van der Waals surface area contributed by atoms with Crippen molar-refractivity contribution in [2.24, 2.45) is 0 Å². The molecule has 0 aliphatic heterocycles. The summed E-state index contributed by atoms with van der Waals surface area (Å²) in [4.78, 5) is 19.4. The molecule has 7 aromatic carbocycles. The topological polar surface area (TPSA) is 64.7 Å². The van der Waals surface area contributed by atoms with Crippen LogP contribution >= 0.6 is 0 Å². The van der Waals surface area contributed by atoms with Gasteiger partial charge in [-0.3, -0.25) is 4.98 Å². The standard InChI is InChI=1S/C44H26N4O/c1-3-12-28(13-4-1)42-46-43(29-14-5-2-6-15-29)48-44(47-42)38-25-45-26-40-41(38)35-22-20-30(23-39(35)49-40)36-24-37-31-16-8-7-11-27(31)19-21-34(37)32-17-9-10-18-33(32)36/h1-26H. The Hall–Kier alpha value is -6.72. The van der Waals surface area contributed by atoms with Crippen LogP contribution in [0.15, 0.2) is 162 Å². The average Bonchev–Trinajstić information content (AvgIpc) is 3.56. The number of furan rings is 1. The Kier molecular flexibility index (Phi) is 6.11. The van der Waals surface area contributed by atoms with Gasteiger partial charge >= 0.3 is 0 Å². The summed E-state index contributed by atoms with van der Waals surface area (Å²) in [6.45, 7) is 0. The van der Waals surface area contributed by atoms with E-state index in [9.17, 15) is 0 Å². The zero-order chi connectivity index (χ0) is 32.3. The predicted octanol–water partition coefficient (Wildman–Crippen LogP) is 11.3. The fourth-order valence-electron chi connectivity index (χ4n) is 7.09. The Balaban J connectivity index is 1.19. The molecule has 5 heteroatoms. The third-order valence-corrected chi connectivity index (χ3v) is 9.40. The lowest BCUT2D eigenvalue weighted by molar-refractivity contribution is 0.667. The second kappa shape index (κ2) is 10.9. The van der Waals surface area contributed by atoms with Crippen LogP contribution in [0.3, 0.4) is 0 Å². The van der Waals surface area contributed by atoms with Crippen molar-refractivity contribution in [3.05, 3.63) is 158 Å². The van der Waals surface area contributed by atoms with Crippen LogP contribution in [0.25, 0.3) is 99.5 Å². The average molecular weight is 627 g/mol. The van der Waals surface area contributed by atoms with Gasteiger partial charge in [-0.15, -0.1) is 0 Å². The maximum absolute atomic E-state index is 6.54. The van der Waals surface area contributed by atoms with E-state index < -0.39 is 0 Å². The maximum atomic E-state index is 6.54. The lowest BCUT2D eigenvalue weighted by Crippen LogP contribution is -2.00. The van der Waals surface area contributed by atoms with Gasteiger partial charge in [0.1, 0.15) is 5.58 Å². The molecule has 0 N–H and O–H groups in total. The normalized spacial score (nSPS) is 11.7. The van der Waals surface area contributed by atoms with Crippen LogP contribution in [0.2, 0.25) is 0 Å². The molecule has 0 bridgehead atoms. The Labute approximate surface area is 281 Å². The summed E-state index contributed by atoms with van der Waals surface area (Å²) in [5.74, 6) is 1.75. The van der Waals surface area contributed by atoms with Gasteiger partial charge in [-0.2, -0.15) is 0 Å². The van der Waals surface area contributed by atoms with Crippen molar-refractivity contribution in [2.45, 2.75) is 0 Å². The van der Waals surface area contributed by atoms with Crippen LogP contribution < -0.4 is 0 Å². The minimum atomic E-state index is 0.546.